The summed E-state index contributed by atoms with van der Waals surface area (Å²) in [6, 6.07) is 0.263. The molecule has 1 aromatic heterocycles. The average Bonchev–Trinajstić information content (AvgIpc) is 2.84. The number of aryl methyl sites for hydroxylation is 2. The monoisotopic (exact) mass is 392 g/mol. The summed E-state index contributed by atoms with van der Waals surface area (Å²) in [5, 5.41) is 11.6. The highest BCUT2D eigenvalue weighted by molar-refractivity contribution is 5.80. The van der Waals surface area contributed by atoms with Gasteiger partial charge >= 0.3 is 0 Å². The zero-order valence-electron chi connectivity index (χ0n) is 19.3. The van der Waals surface area contributed by atoms with Gasteiger partial charge in [0, 0.05) is 51.0 Å². The molecule has 2 heterocycles. The summed E-state index contributed by atoms with van der Waals surface area (Å²) in [6.07, 6.45) is 1.46. The number of aromatic nitrogens is 2. The van der Waals surface area contributed by atoms with Gasteiger partial charge in [0.25, 0.3) is 0 Å². The molecule has 1 aliphatic heterocycles. The first-order valence-corrected chi connectivity index (χ1v) is 10.4. The fourth-order valence-corrected chi connectivity index (χ4v) is 3.98. The average molecular weight is 393 g/mol. The number of nitrogens with zero attached hydrogens (tertiary/aromatic N) is 4. The Morgan fingerprint density at radius 1 is 1.29 bits per heavy atom. The molecule has 0 bridgehead atoms. The Bertz CT molecular complexity index is 671. The Morgan fingerprint density at radius 3 is 2.39 bits per heavy atom. The van der Waals surface area contributed by atoms with Crippen LogP contribution < -0.4 is 10.6 Å². The molecule has 160 valence electrons. The van der Waals surface area contributed by atoms with Crippen LogP contribution in [-0.2, 0) is 18.2 Å². The molecule has 1 saturated heterocycles. The van der Waals surface area contributed by atoms with Gasteiger partial charge in [-0.05, 0) is 60.5 Å². The highest BCUT2D eigenvalue weighted by Gasteiger charge is 2.33. The number of guanidine groups is 1. The molecule has 0 saturated carbocycles. The van der Waals surface area contributed by atoms with Crippen LogP contribution in [-0.4, -0.2) is 71.1 Å². The predicted molar refractivity (Wildman–Crippen MR) is 116 cm³/mol. The highest BCUT2D eigenvalue weighted by atomic mass is 16.5. The van der Waals surface area contributed by atoms with Gasteiger partial charge in [-0.2, -0.15) is 5.10 Å². The molecule has 28 heavy (non-hydrogen) atoms. The second kappa shape index (κ2) is 9.27. The maximum absolute atomic E-state index is 5.88. The molecule has 0 amide bonds. The van der Waals surface area contributed by atoms with E-state index in [2.05, 4.69) is 74.1 Å². The van der Waals surface area contributed by atoms with Crippen LogP contribution in [0, 0.1) is 13.8 Å². The smallest absolute Gasteiger partial charge is 0.191 e. The molecule has 0 aromatic carbocycles. The number of nitrogens with one attached hydrogen (secondary N) is 2. The summed E-state index contributed by atoms with van der Waals surface area (Å²) in [5.41, 5.74) is 3.66. The molecule has 2 rings (SSSR count). The zero-order valence-corrected chi connectivity index (χ0v) is 19.3. The van der Waals surface area contributed by atoms with E-state index in [1.54, 1.807) is 0 Å². The number of hydrogen-bond acceptors (Lipinski definition) is 4. The summed E-state index contributed by atoms with van der Waals surface area (Å²) >= 11 is 0. The molecule has 2 N–H and O–H groups in total. The largest absolute Gasteiger partial charge is 0.373 e. The topological polar surface area (TPSA) is 66.7 Å². The fraction of sp³-hybridized carbons (Fsp3) is 0.810. The van der Waals surface area contributed by atoms with Crippen molar-refractivity contribution in [2.75, 3.05) is 26.7 Å². The lowest BCUT2D eigenvalue weighted by molar-refractivity contribution is -0.0946. The van der Waals surface area contributed by atoms with E-state index in [4.69, 9.17) is 4.74 Å². The van der Waals surface area contributed by atoms with Crippen LogP contribution in [0.5, 0.6) is 0 Å². The third-order valence-corrected chi connectivity index (χ3v) is 5.74. The van der Waals surface area contributed by atoms with Crippen molar-refractivity contribution >= 4 is 5.96 Å². The quantitative estimate of drug-likeness (QED) is 0.573. The first-order chi connectivity index (χ1) is 13.0. The van der Waals surface area contributed by atoms with Crippen molar-refractivity contribution in [3.63, 3.8) is 0 Å². The Labute approximate surface area is 170 Å². The maximum atomic E-state index is 5.88. The van der Waals surface area contributed by atoms with Crippen molar-refractivity contribution in [2.45, 2.75) is 78.7 Å². The van der Waals surface area contributed by atoms with Gasteiger partial charge in [0.1, 0.15) is 0 Å². The number of ether oxygens (including phenoxy) is 1. The van der Waals surface area contributed by atoms with Crippen molar-refractivity contribution in [1.29, 1.82) is 0 Å². The molecule has 7 heteroatoms. The predicted octanol–water partition coefficient (Wildman–Crippen LogP) is 2.02. The minimum Gasteiger partial charge on any atom is -0.373 e. The van der Waals surface area contributed by atoms with Gasteiger partial charge in [-0.1, -0.05) is 0 Å². The van der Waals surface area contributed by atoms with Crippen LogP contribution in [0.3, 0.4) is 0 Å². The number of rotatable bonds is 6. The molecule has 3 unspecified atom stereocenters. The molecule has 0 spiro atoms. The molecule has 0 radical (unpaired) electrons. The van der Waals surface area contributed by atoms with Gasteiger partial charge in [0.15, 0.2) is 5.96 Å². The molecule has 0 aliphatic carbocycles. The van der Waals surface area contributed by atoms with Crippen LogP contribution in [0.1, 0.15) is 51.6 Å². The first kappa shape index (κ1) is 22.7. The number of hydrogen-bond donors (Lipinski definition) is 2. The van der Waals surface area contributed by atoms with E-state index < -0.39 is 0 Å². The maximum Gasteiger partial charge on any atom is 0.191 e. The zero-order chi connectivity index (χ0) is 21.1. The molecule has 7 nitrogen and oxygen atoms in total. The third kappa shape index (κ3) is 5.70. The van der Waals surface area contributed by atoms with Crippen molar-refractivity contribution in [2.24, 2.45) is 12.0 Å². The van der Waals surface area contributed by atoms with Crippen molar-refractivity contribution < 1.29 is 4.74 Å². The van der Waals surface area contributed by atoms with Crippen molar-refractivity contribution in [3.8, 4) is 0 Å². The van der Waals surface area contributed by atoms with Crippen molar-refractivity contribution in [3.05, 3.63) is 17.0 Å². The van der Waals surface area contributed by atoms with E-state index >= 15 is 0 Å². The minimum absolute atomic E-state index is 0.0175. The summed E-state index contributed by atoms with van der Waals surface area (Å²) < 4.78 is 7.84. The summed E-state index contributed by atoms with van der Waals surface area (Å²) in [7, 11) is 3.83. The van der Waals surface area contributed by atoms with E-state index in [9.17, 15) is 0 Å². The summed E-state index contributed by atoms with van der Waals surface area (Å²) in [4.78, 5) is 6.94. The molecule has 1 fully saturated rings. The molecular formula is C21H40N6O. The van der Waals surface area contributed by atoms with Gasteiger partial charge in [-0.3, -0.25) is 14.6 Å². The summed E-state index contributed by atoms with van der Waals surface area (Å²) in [6.45, 7) is 18.0. The lowest BCUT2D eigenvalue weighted by Crippen LogP contribution is -2.59. The minimum atomic E-state index is 0.0175. The van der Waals surface area contributed by atoms with Crippen molar-refractivity contribution in [1.82, 2.24) is 25.3 Å². The second-order valence-corrected chi connectivity index (χ2v) is 8.92. The lowest BCUT2D eigenvalue weighted by Gasteiger charge is -2.45. The third-order valence-electron chi connectivity index (χ3n) is 5.74. The van der Waals surface area contributed by atoms with E-state index in [1.165, 1.54) is 11.3 Å². The lowest BCUT2D eigenvalue weighted by atomic mass is 10.00. The summed E-state index contributed by atoms with van der Waals surface area (Å²) in [5.74, 6) is 0.842. The van der Waals surface area contributed by atoms with Crippen LogP contribution in [0.15, 0.2) is 4.99 Å². The Balaban J connectivity index is 1.91. The van der Waals surface area contributed by atoms with Crippen LogP contribution in [0.25, 0.3) is 0 Å². The van der Waals surface area contributed by atoms with Gasteiger partial charge in [0.2, 0.25) is 0 Å². The molecule has 1 aliphatic rings. The van der Waals surface area contributed by atoms with Gasteiger partial charge in [-0.15, -0.1) is 0 Å². The SMILES string of the molecule is CN=C(NCC(C)(C)N1CC(C)OC(C)C1)NC(C)Cc1c(C)nn(C)c1C. The fourth-order valence-electron chi connectivity index (χ4n) is 3.98. The number of morpholine rings is 1. The molecular weight excluding hydrogens is 352 g/mol. The van der Waals surface area contributed by atoms with Crippen LogP contribution >= 0.6 is 0 Å². The van der Waals surface area contributed by atoms with Crippen LogP contribution in [0.2, 0.25) is 0 Å². The number of aliphatic imine (C=N–C) groups is 1. The van der Waals surface area contributed by atoms with Gasteiger partial charge in [0.05, 0.1) is 17.9 Å². The normalized spacial score (nSPS) is 23.0. The first-order valence-electron chi connectivity index (χ1n) is 10.4. The molecule has 3 atom stereocenters. The molecule has 1 aromatic rings. The van der Waals surface area contributed by atoms with Gasteiger partial charge in [-0.25, -0.2) is 0 Å². The second-order valence-electron chi connectivity index (χ2n) is 8.92. The van der Waals surface area contributed by atoms with Crippen LogP contribution in [0.4, 0.5) is 0 Å². The Morgan fingerprint density at radius 2 is 1.89 bits per heavy atom. The van der Waals surface area contributed by atoms with E-state index in [0.717, 1.165) is 37.7 Å². The Hall–Kier alpha value is -1.60. The van der Waals surface area contributed by atoms with E-state index in [0.29, 0.717) is 0 Å². The standard InChI is InChI=1S/C21H40N6O/c1-14(10-19-17(4)25-26(9)18(19)5)24-20(22-8)23-13-21(6,7)27-11-15(2)28-16(3)12-27/h14-16H,10-13H2,1-9H3,(H2,22,23,24). The van der Waals surface area contributed by atoms with E-state index in [1.807, 2.05) is 18.8 Å². The Kier molecular flexibility index (Phi) is 7.51. The highest BCUT2D eigenvalue weighted by Crippen LogP contribution is 2.20. The van der Waals surface area contributed by atoms with E-state index in [-0.39, 0.29) is 23.8 Å². The van der Waals surface area contributed by atoms with Gasteiger partial charge < -0.3 is 15.4 Å².